The fourth-order valence-electron chi connectivity index (χ4n) is 4.19. The van der Waals surface area contributed by atoms with Gasteiger partial charge in [0.1, 0.15) is 17.5 Å². The molecule has 0 bridgehead atoms. The summed E-state index contributed by atoms with van der Waals surface area (Å²) in [5, 5.41) is 0. The maximum atomic E-state index is 5.83. The maximum Gasteiger partial charge on any atom is 0.165 e. The molecule has 5 heterocycles. The van der Waals surface area contributed by atoms with Crippen LogP contribution in [0.5, 0.6) is 0 Å². The van der Waals surface area contributed by atoms with Gasteiger partial charge in [-0.25, -0.2) is 15.0 Å². The van der Waals surface area contributed by atoms with Crippen molar-refractivity contribution < 1.29 is 9.47 Å². The summed E-state index contributed by atoms with van der Waals surface area (Å²) in [6, 6.07) is 2.22. The molecule has 0 unspecified atom stereocenters. The second-order valence-corrected chi connectivity index (χ2v) is 7.32. The molecular weight excluding hydrogens is 344 g/mol. The van der Waals surface area contributed by atoms with Gasteiger partial charge in [0.2, 0.25) is 0 Å². The lowest BCUT2D eigenvalue weighted by Crippen LogP contribution is -2.43. The van der Waals surface area contributed by atoms with E-state index in [2.05, 4.69) is 14.8 Å². The molecule has 2 aromatic rings. The second-order valence-electron chi connectivity index (χ2n) is 7.32. The van der Waals surface area contributed by atoms with Gasteiger partial charge in [-0.1, -0.05) is 0 Å². The van der Waals surface area contributed by atoms with Crippen molar-refractivity contribution in [3.05, 3.63) is 23.4 Å². The van der Waals surface area contributed by atoms with Gasteiger partial charge in [0.25, 0.3) is 0 Å². The van der Waals surface area contributed by atoms with Crippen molar-refractivity contribution in [2.24, 2.45) is 0 Å². The van der Waals surface area contributed by atoms with Gasteiger partial charge >= 0.3 is 0 Å². The van der Waals surface area contributed by atoms with Gasteiger partial charge in [-0.05, 0) is 18.6 Å². The van der Waals surface area contributed by atoms with E-state index in [9.17, 15) is 0 Å². The Labute approximate surface area is 158 Å². The number of pyridine rings is 1. The van der Waals surface area contributed by atoms with Gasteiger partial charge < -0.3 is 25.0 Å². The van der Waals surface area contributed by atoms with Crippen molar-refractivity contribution in [3.8, 4) is 11.4 Å². The monoisotopic (exact) mass is 368 g/mol. The van der Waals surface area contributed by atoms with Crippen LogP contribution in [0.15, 0.2) is 12.3 Å². The van der Waals surface area contributed by atoms with Gasteiger partial charge in [-0.15, -0.1) is 0 Å². The zero-order chi connectivity index (χ0) is 18.4. The summed E-state index contributed by atoms with van der Waals surface area (Å²) >= 11 is 0. The van der Waals surface area contributed by atoms with Crippen molar-refractivity contribution in [2.75, 3.05) is 61.6 Å². The van der Waals surface area contributed by atoms with Crippen molar-refractivity contribution in [1.29, 1.82) is 0 Å². The number of ether oxygens (including phenoxy) is 2. The summed E-state index contributed by atoms with van der Waals surface area (Å²) < 4.78 is 11.2. The van der Waals surface area contributed by atoms with Crippen molar-refractivity contribution in [3.63, 3.8) is 0 Å². The predicted octanol–water partition coefficient (Wildman–Crippen LogP) is 1.03. The van der Waals surface area contributed by atoms with Crippen LogP contribution in [0.25, 0.3) is 11.4 Å². The summed E-state index contributed by atoms with van der Waals surface area (Å²) in [4.78, 5) is 18.9. The second kappa shape index (κ2) is 6.61. The normalized spacial score (nSPS) is 21.9. The highest BCUT2D eigenvalue weighted by atomic mass is 16.5. The summed E-state index contributed by atoms with van der Waals surface area (Å²) in [6.45, 7) is 7.54. The number of hydrogen-bond acceptors (Lipinski definition) is 8. The number of nitrogen functional groups attached to an aromatic ring is 1. The number of aryl methyl sites for hydroxylation is 1. The van der Waals surface area contributed by atoms with Crippen LogP contribution >= 0.6 is 0 Å². The Morgan fingerprint density at radius 1 is 1.07 bits per heavy atom. The first-order chi connectivity index (χ1) is 13.2. The summed E-state index contributed by atoms with van der Waals surface area (Å²) in [5.74, 6) is 3.31. The van der Waals surface area contributed by atoms with Gasteiger partial charge in [-0.2, -0.15) is 0 Å². The zero-order valence-electron chi connectivity index (χ0n) is 15.5. The number of morpholine rings is 2. The first kappa shape index (κ1) is 16.7. The van der Waals surface area contributed by atoms with E-state index in [0.717, 1.165) is 75.2 Å². The molecule has 0 spiro atoms. The average molecular weight is 368 g/mol. The molecule has 0 aromatic carbocycles. The molecule has 8 nitrogen and oxygen atoms in total. The molecule has 0 aliphatic carbocycles. The Hall–Kier alpha value is -2.45. The van der Waals surface area contributed by atoms with Crippen LogP contribution in [0, 0.1) is 6.92 Å². The fraction of sp³-hybridized carbons (Fsp3) is 0.526. The summed E-state index contributed by atoms with van der Waals surface area (Å²) in [6.07, 6.45) is 2.71. The number of rotatable bonds is 2. The molecule has 2 N–H and O–H groups in total. The smallest absolute Gasteiger partial charge is 0.165 e. The van der Waals surface area contributed by atoms with Crippen LogP contribution in [0.2, 0.25) is 0 Å². The third-order valence-corrected chi connectivity index (χ3v) is 5.59. The van der Waals surface area contributed by atoms with Gasteiger partial charge in [0.05, 0.1) is 32.5 Å². The van der Waals surface area contributed by atoms with Crippen LogP contribution in [-0.4, -0.2) is 67.1 Å². The molecule has 27 heavy (non-hydrogen) atoms. The summed E-state index contributed by atoms with van der Waals surface area (Å²) in [7, 11) is 0. The minimum atomic E-state index is 0.351. The van der Waals surface area contributed by atoms with Gasteiger partial charge in [-0.3, -0.25) is 0 Å². The highest BCUT2D eigenvalue weighted by Crippen LogP contribution is 2.39. The molecular formula is C19H24N6O2. The van der Waals surface area contributed by atoms with E-state index in [0.29, 0.717) is 17.7 Å². The lowest BCUT2D eigenvalue weighted by atomic mass is 10.1. The molecule has 5 rings (SSSR count). The lowest BCUT2D eigenvalue weighted by molar-refractivity contribution is 0.0973. The number of fused-ring (bicyclic) bond motifs is 3. The van der Waals surface area contributed by atoms with E-state index >= 15 is 0 Å². The van der Waals surface area contributed by atoms with E-state index in [4.69, 9.17) is 25.2 Å². The molecule has 3 aliphatic heterocycles. The quantitative estimate of drug-likeness (QED) is 0.841. The minimum Gasteiger partial charge on any atom is -0.384 e. The molecule has 0 radical (unpaired) electrons. The largest absolute Gasteiger partial charge is 0.384 e. The SMILES string of the molecule is Cc1cc(N)ncc1-c1nc(N2CCOCC2)c2c(n1)N1CCOC[C@@H]1C2. The Kier molecular flexibility index (Phi) is 4.09. The minimum absolute atomic E-state index is 0.351. The first-order valence-electron chi connectivity index (χ1n) is 9.51. The van der Waals surface area contributed by atoms with E-state index in [1.54, 1.807) is 6.20 Å². The molecule has 0 saturated carbocycles. The highest BCUT2D eigenvalue weighted by Gasteiger charge is 2.37. The van der Waals surface area contributed by atoms with Crippen LogP contribution in [-0.2, 0) is 15.9 Å². The standard InChI is InChI=1S/C19H24N6O2/c1-12-8-16(20)21-10-15(12)17-22-18(24-2-5-26-6-3-24)14-9-13-11-27-7-4-25(13)19(14)23-17/h8,10,13H,2-7,9,11H2,1H3,(H2,20,21)/t13-/m0/s1. The molecule has 2 fully saturated rings. The first-order valence-corrected chi connectivity index (χ1v) is 9.51. The lowest BCUT2D eigenvalue weighted by Gasteiger charge is -2.31. The van der Waals surface area contributed by atoms with E-state index in [1.807, 2.05) is 13.0 Å². The number of anilines is 3. The molecule has 2 saturated heterocycles. The maximum absolute atomic E-state index is 5.83. The molecule has 2 aromatic heterocycles. The third-order valence-electron chi connectivity index (χ3n) is 5.59. The Morgan fingerprint density at radius 3 is 2.67 bits per heavy atom. The van der Waals surface area contributed by atoms with Crippen molar-refractivity contribution >= 4 is 17.5 Å². The average Bonchev–Trinajstić information content (AvgIpc) is 3.07. The molecule has 3 aliphatic rings. The molecule has 0 amide bonds. The molecule has 8 heteroatoms. The van der Waals surface area contributed by atoms with E-state index < -0.39 is 0 Å². The number of nitrogens with two attached hydrogens (primary N) is 1. The van der Waals surface area contributed by atoms with Crippen LogP contribution in [0.1, 0.15) is 11.1 Å². The Balaban J connectivity index is 1.64. The number of hydrogen-bond donors (Lipinski definition) is 1. The Bertz CT molecular complexity index is 868. The number of nitrogens with zero attached hydrogens (tertiary/aromatic N) is 5. The molecule has 142 valence electrons. The number of aromatic nitrogens is 3. The van der Waals surface area contributed by atoms with Crippen LogP contribution in [0.3, 0.4) is 0 Å². The van der Waals surface area contributed by atoms with Gasteiger partial charge in [0.15, 0.2) is 5.82 Å². The predicted molar refractivity (Wildman–Crippen MR) is 103 cm³/mol. The Morgan fingerprint density at radius 2 is 1.85 bits per heavy atom. The van der Waals surface area contributed by atoms with E-state index in [1.165, 1.54) is 5.56 Å². The zero-order valence-corrected chi connectivity index (χ0v) is 15.5. The van der Waals surface area contributed by atoms with Crippen LogP contribution < -0.4 is 15.5 Å². The summed E-state index contributed by atoms with van der Waals surface area (Å²) in [5.41, 5.74) is 9.03. The molecule has 1 atom stereocenters. The highest BCUT2D eigenvalue weighted by molar-refractivity contribution is 5.71. The topological polar surface area (TPSA) is 89.6 Å². The van der Waals surface area contributed by atoms with Crippen LogP contribution in [0.4, 0.5) is 17.5 Å². The fourth-order valence-corrected chi connectivity index (χ4v) is 4.19. The van der Waals surface area contributed by atoms with E-state index in [-0.39, 0.29) is 0 Å². The van der Waals surface area contributed by atoms with Crippen molar-refractivity contribution in [2.45, 2.75) is 19.4 Å². The van der Waals surface area contributed by atoms with Crippen molar-refractivity contribution in [1.82, 2.24) is 15.0 Å². The van der Waals surface area contributed by atoms with Gasteiger partial charge in [0, 0.05) is 43.4 Å². The third kappa shape index (κ3) is 2.89.